The summed E-state index contributed by atoms with van der Waals surface area (Å²) >= 11 is 0. The Bertz CT molecular complexity index is 405. The second kappa shape index (κ2) is 5.12. The van der Waals surface area contributed by atoms with E-state index in [2.05, 4.69) is 13.6 Å². The van der Waals surface area contributed by atoms with Gasteiger partial charge in [0, 0.05) is 0 Å². The molecule has 0 radical (unpaired) electrons. The van der Waals surface area contributed by atoms with Crippen LogP contribution in [0.5, 0.6) is 0 Å². The molecule has 0 heterocycles. The van der Waals surface area contributed by atoms with E-state index in [4.69, 9.17) is 0 Å². The number of hydrogen-bond acceptors (Lipinski definition) is 3. The molecule has 0 bridgehead atoms. The summed E-state index contributed by atoms with van der Waals surface area (Å²) in [5, 5.41) is -2.15. The minimum absolute atomic E-state index is 0.521. The second-order valence-electron chi connectivity index (χ2n) is 3.85. The zero-order valence-corrected chi connectivity index (χ0v) is 12.0. The molecule has 0 aromatic heterocycles. The molecule has 0 saturated carbocycles. The fourth-order valence-corrected chi connectivity index (χ4v) is 4.82. The van der Waals surface area contributed by atoms with E-state index < -0.39 is 50.4 Å². The Hall–Kier alpha value is -0.370. The predicted octanol–water partition coefficient (Wildman–Crippen LogP) is 4.74. The number of halogens is 6. The van der Waals surface area contributed by atoms with E-state index in [9.17, 15) is 22.0 Å². The zero-order chi connectivity index (χ0) is 15.8. The van der Waals surface area contributed by atoms with Crippen molar-refractivity contribution in [3.05, 3.63) is 11.1 Å². The Balaban J connectivity index is 3.51. The quantitative estimate of drug-likeness (QED) is 0.499. The van der Waals surface area contributed by atoms with Crippen LogP contribution in [-0.4, -0.2) is 31.7 Å². The molecule has 3 nitrogen and oxygen atoms in total. The Kier molecular flexibility index (Phi) is 4.53. The van der Waals surface area contributed by atoms with Gasteiger partial charge in [0.15, 0.2) is 0 Å². The molecule has 20 heavy (non-hydrogen) atoms. The van der Waals surface area contributed by atoms with Gasteiger partial charge in [0.1, 0.15) is 0 Å². The van der Waals surface area contributed by atoms with Crippen LogP contribution in [0.2, 0.25) is 0 Å². The van der Waals surface area contributed by atoms with Crippen molar-refractivity contribution < 1.29 is 39.7 Å². The standard InChI is InChI=1S/C10H15F6O3P/c1-4-17-20(16,18-5-2,19-6-3)8-7(11)9(12,13)10(8,14)15/h4-6H2,1-3H3. The van der Waals surface area contributed by atoms with Crippen molar-refractivity contribution in [3.8, 4) is 0 Å². The topological polar surface area (TPSA) is 27.7 Å². The molecule has 0 spiro atoms. The Labute approximate surface area is 112 Å². The molecule has 1 aliphatic rings. The molecule has 0 aromatic rings. The number of hydrogen-bond donors (Lipinski definition) is 0. The molecule has 1 aliphatic carbocycles. The van der Waals surface area contributed by atoms with Gasteiger partial charge in [0.2, 0.25) is 0 Å². The van der Waals surface area contributed by atoms with E-state index in [-0.39, 0.29) is 0 Å². The van der Waals surface area contributed by atoms with Crippen LogP contribution in [0.25, 0.3) is 0 Å². The van der Waals surface area contributed by atoms with E-state index in [1.54, 1.807) is 0 Å². The van der Waals surface area contributed by atoms with Crippen molar-refractivity contribution in [1.82, 2.24) is 0 Å². The molecule has 0 atom stereocenters. The Morgan fingerprint density at radius 3 is 1.45 bits per heavy atom. The van der Waals surface area contributed by atoms with Crippen LogP contribution in [0.3, 0.4) is 0 Å². The van der Waals surface area contributed by atoms with Crippen molar-refractivity contribution in [2.75, 3.05) is 19.8 Å². The van der Waals surface area contributed by atoms with Crippen LogP contribution < -0.4 is 0 Å². The maximum absolute atomic E-state index is 15.1. The molecule has 0 fully saturated rings. The predicted molar refractivity (Wildman–Crippen MR) is 60.9 cm³/mol. The summed E-state index contributed by atoms with van der Waals surface area (Å²) in [5.41, 5.74) is 0. The van der Waals surface area contributed by atoms with Crippen molar-refractivity contribution in [2.24, 2.45) is 0 Å². The molecule has 0 aliphatic heterocycles. The van der Waals surface area contributed by atoms with Crippen molar-refractivity contribution in [1.29, 1.82) is 0 Å². The number of allylic oxidation sites excluding steroid dienone is 2. The van der Waals surface area contributed by atoms with Gasteiger partial charge < -0.3 is 0 Å². The van der Waals surface area contributed by atoms with Gasteiger partial charge in [-0.15, -0.1) is 0 Å². The first-order valence-corrected chi connectivity index (χ1v) is 7.75. The fourth-order valence-electron chi connectivity index (χ4n) is 1.85. The van der Waals surface area contributed by atoms with E-state index in [0.29, 0.717) is 0 Å². The molecule has 120 valence electrons. The van der Waals surface area contributed by atoms with Crippen LogP contribution in [0, 0.1) is 0 Å². The van der Waals surface area contributed by atoms with Gasteiger partial charge in [-0.25, -0.2) is 0 Å². The van der Waals surface area contributed by atoms with E-state index >= 15 is 4.20 Å². The molecule has 0 amide bonds. The van der Waals surface area contributed by atoms with Crippen molar-refractivity contribution in [3.63, 3.8) is 0 Å². The monoisotopic (exact) mass is 328 g/mol. The van der Waals surface area contributed by atoms with Crippen LogP contribution in [-0.2, 0) is 13.6 Å². The summed E-state index contributed by atoms with van der Waals surface area (Å²) in [5.74, 6) is -12.8. The molecule has 10 heteroatoms. The number of rotatable bonds is 7. The first-order chi connectivity index (χ1) is 9.01. The van der Waals surface area contributed by atoms with Gasteiger partial charge in [-0.05, 0) is 0 Å². The molecule has 0 N–H and O–H groups in total. The molecular formula is C10H15F6O3P. The molecule has 0 saturated heterocycles. The van der Waals surface area contributed by atoms with Crippen LogP contribution >= 0.6 is 7.59 Å². The van der Waals surface area contributed by atoms with Crippen LogP contribution in [0.4, 0.5) is 26.1 Å². The van der Waals surface area contributed by atoms with Gasteiger partial charge in [0.05, 0.1) is 0 Å². The van der Waals surface area contributed by atoms with Gasteiger partial charge in [-0.1, -0.05) is 0 Å². The van der Waals surface area contributed by atoms with Gasteiger partial charge >= 0.3 is 111 Å². The molecular weight excluding hydrogens is 313 g/mol. The Morgan fingerprint density at radius 1 is 0.850 bits per heavy atom. The number of alkyl halides is 4. The zero-order valence-electron chi connectivity index (χ0n) is 11.1. The van der Waals surface area contributed by atoms with Crippen molar-refractivity contribution in [2.45, 2.75) is 32.6 Å². The second-order valence-corrected chi connectivity index (χ2v) is 6.65. The third-order valence-electron chi connectivity index (χ3n) is 2.58. The van der Waals surface area contributed by atoms with E-state index in [1.165, 1.54) is 20.8 Å². The first kappa shape index (κ1) is 17.7. The SMILES string of the molecule is CCOP(F)(OCC)(OCC)C1=C(F)C(F)(F)C1(F)F. The average molecular weight is 328 g/mol. The molecule has 0 aromatic carbocycles. The van der Waals surface area contributed by atoms with Gasteiger partial charge in [-0.3, -0.25) is 0 Å². The summed E-state index contributed by atoms with van der Waals surface area (Å²) in [4.78, 5) is 0. The van der Waals surface area contributed by atoms with Gasteiger partial charge in [-0.2, -0.15) is 0 Å². The maximum atomic E-state index is 15.1. The fraction of sp³-hybridized carbons (Fsp3) is 0.800. The van der Waals surface area contributed by atoms with Gasteiger partial charge in [0.25, 0.3) is 0 Å². The average Bonchev–Trinajstić information content (AvgIpc) is 2.29. The van der Waals surface area contributed by atoms with E-state index in [1.807, 2.05) is 0 Å². The molecule has 1 rings (SSSR count). The third-order valence-corrected chi connectivity index (χ3v) is 5.86. The molecule has 0 unspecified atom stereocenters. The normalized spacial score (nSPS) is 23.1. The summed E-state index contributed by atoms with van der Waals surface area (Å²) in [7, 11) is -6.32. The van der Waals surface area contributed by atoms with E-state index in [0.717, 1.165) is 0 Å². The van der Waals surface area contributed by atoms with Crippen molar-refractivity contribution >= 4 is 7.59 Å². The van der Waals surface area contributed by atoms with Crippen LogP contribution in [0.15, 0.2) is 11.1 Å². The third kappa shape index (κ3) is 2.15. The minimum atomic E-state index is -6.32. The Morgan fingerprint density at radius 2 is 1.20 bits per heavy atom. The summed E-state index contributed by atoms with van der Waals surface area (Å²) in [6.45, 7) is 2.08. The summed E-state index contributed by atoms with van der Waals surface area (Å²) in [6, 6.07) is 0. The summed E-state index contributed by atoms with van der Waals surface area (Å²) in [6.07, 6.45) is 0. The summed E-state index contributed by atoms with van der Waals surface area (Å²) < 4.78 is 94.6. The first-order valence-electron chi connectivity index (χ1n) is 5.87. The van der Waals surface area contributed by atoms with Crippen LogP contribution in [0.1, 0.15) is 20.8 Å².